The number of anilines is 5. The number of morpholine rings is 1. The van der Waals surface area contributed by atoms with Gasteiger partial charge in [0.2, 0.25) is 5.95 Å². The highest BCUT2D eigenvalue weighted by Gasteiger charge is 2.20. The molecule has 194 valence electrons. The Balaban J connectivity index is 1.40. The number of amides is 1. The first-order chi connectivity index (χ1) is 18.0. The van der Waals surface area contributed by atoms with Crippen molar-refractivity contribution in [1.82, 2.24) is 15.3 Å². The molecule has 2 aliphatic rings. The second kappa shape index (κ2) is 11.8. The zero-order valence-corrected chi connectivity index (χ0v) is 21.6. The van der Waals surface area contributed by atoms with E-state index in [2.05, 4.69) is 20.5 Å². The van der Waals surface area contributed by atoms with E-state index in [1.54, 1.807) is 6.20 Å². The third kappa shape index (κ3) is 6.49. The van der Waals surface area contributed by atoms with Gasteiger partial charge in [-0.2, -0.15) is 4.98 Å². The number of carbonyl (C=O) groups excluding carboxylic acids is 1. The van der Waals surface area contributed by atoms with E-state index in [-0.39, 0.29) is 11.9 Å². The first-order valence-electron chi connectivity index (χ1n) is 12.5. The standard InChI is InChI=1S/C27H31ClN6O3/c1-33(23-4-2-3-20(28)17-23)25-5-8-29-27(32-25)31-22-15-19(26(35)30-21-6-11-36-12-7-21)16-24(18-22)34-9-13-37-14-10-34/h2-5,8,15-18,21H,6-7,9-14H2,1H3,(H,30,35)(H,29,31,32). The van der Waals surface area contributed by atoms with Crippen LogP contribution in [0.25, 0.3) is 0 Å². The van der Waals surface area contributed by atoms with Crippen molar-refractivity contribution >= 4 is 46.3 Å². The van der Waals surface area contributed by atoms with Crippen LogP contribution in [0.4, 0.5) is 28.8 Å². The minimum absolute atomic E-state index is 0.0968. The molecule has 2 aromatic carbocycles. The molecule has 3 aromatic rings. The summed E-state index contributed by atoms with van der Waals surface area (Å²) in [6, 6.07) is 15.3. The van der Waals surface area contributed by atoms with E-state index in [1.807, 2.05) is 60.5 Å². The summed E-state index contributed by atoms with van der Waals surface area (Å²) in [4.78, 5) is 26.5. The van der Waals surface area contributed by atoms with Crippen LogP contribution >= 0.6 is 11.6 Å². The van der Waals surface area contributed by atoms with Crippen LogP contribution in [0.3, 0.4) is 0 Å². The van der Waals surface area contributed by atoms with E-state index >= 15 is 0 Å². The van der Waals surface area contributed by atoms with E-state index < -0.39 is 0 Å². The predicted octanol–water partition coefficient (Wildman–Crippen LogP) is 4.39. The van der Waals surface area contributed by atoms with Gasteiger partial charge < -0.3 is 29.9 Å². The highest BCUT2D eigenvalue weighted by atomic mass is 35.5. The van der Waals surface area contributed by atoms with Crippen molar-refractivity contribution in [2.75, 3.05) is 61.7 Å². The fourth-order valence-electron chi connectivity index (χ4n) is 4.47. The number of halogens is 1. The Kier molecular flexibility index (Phi) is 8.03. The van der Waals surface area contributed by atoms with Crippen LogP contribution in [-0.2, 0) is 9.47 Å². The molecule has 5 rings (SSSR count). The quantitative estimate of drug-likeness (QED) is 0.472. The average molecular weight is 523 g/mol. The largest absolute Gasteiger partial charge is 0.381 e. The second-order valence-corrected chi connectivity index (χ2v) is 9.57. The molecule has 0 spiro atoms. The van der Waals surface area contributed by atoms with E-state index in [1.165, 1.54) is 0 Å². The Morgan fingerprint density at radius 1 is 1.05 bits per heavy atom. The minimum atomic E-state index is -0.0968. The monoisotopic (exact) mass is 522 g/mol. The lowest BCUT2D eigenvalue weighted by Gasteiger charge is -2.30. The maximum absolute atomic E-state index is 13.2. The van der Waals surface area contributed by atoms with Crippen molar-refractivity contribution in [1.29, 1.82) is 0 Å². The van der Waals surface area contributed by atoms with Gasteiger partial charge in [-0.15, -0.1) is 0 Å². The van der Waals surface area contributed by atoms with Crippen LogP contribution in [0.1, 0.15) is 23.2 Å². The van der Waals surface area contributed by atoms with Gasteiger partial charge in [0.05, 0.1) is 13.2 Å². The van der Waals surface area contributed by atoms with Crippen LogP contribution < -0.4 is 20.4 Å². The Labute approximate surface area is 221 Å². The Morgan fingerprint density at radius 2 is 1.84 bits per heavy atom. The predicted molar refractivity (Wildman–Crippen MR) is 146 cm³/mol. The number of nitrogens with one attached hydrogen (secondary N) is 2. The average Bonchev–Trinajstić information content (AvgIpc) is 2.93. The van der Waals surface area contributed by atoms with Gasteiger partial charge in [-0.25, -0.2) is 4.98 Å². The smallest absolute Gasteiger partial charge is 0.251 e. The molecule has 1 amide bonds. The highest BCUT2D eigenvalue weighted by molar-refractivity contribution is 6.30. The van der Waals surface area contributed by atoms with Crippen LogP contribution in [0.2, 0.25) is 5.02 Å². The first kappa shape index (κ1) is 25.3. The molecule has 0 aliphatic carbocycles. The Bertz CT molecular complexity index is 1230. The van der Waals surface area contributed by atoms with Crippen LogP contribution in [0, 0.1) is 0 Å². The molecule has 2 N–H and O–H groups in total. The molecule has 1 aromatic heterocycles. The van der Waals surface area contributed by atoms with Crippen molar-refractivity contribution in [3.05, 3.63) is 65.3 Å². The maximum Gasteiger partial charge on any atom is 0.251 e. The summed E-state index contributed by atoms with van der Waals surface area (Å²) in [5, 5.41) is 7.13. The molecule has 3 heterocycles. The molecule has 9 nitrogen and oxygen atoms in total. The highest BCUT2D eigenvalue weighted by Crippen LogP contribution is 2.28. The molecule has 2 aliphatic heterocycles. The van der Waals surface area contributed by atoms with Gasteiger partial charge in [0, 0.05) is 73.2 Å². The Morgan fingerprint density at radius 3 is 2.62 bits per heavy atom. The lowest BCUT2D eigenvalue weighted by molar-refractivity contribution is 0.0696. The number of ether oxygens (including phenoxy) is 2. The maximum atomic E-state index is 13.2. The first-order valence-corrected chi connectivity index (χ1v) is 12.9. The molecule has 0 unspecified atom stereocenters. The van der Waals surface area contributed by atoms with E-state index in [4.69, 9.17) is 26.1 Å². The summed E-state index contributed by atoms with van der Waals surface area (Å²) in [6.45, 7) is 4.18. The summed E-state index contributed by atoms with van der Waals surface area (Å²) in [6.07, 6.45) is 3.35. The normalized spacial score (nSPS) is 16.3. The summed E-state index contributed by atoms with van der Waals surface area (Å²) >= 11 is 6.17. The zero-order chi connectivity index (χ0) is 25.6. The summed E-state index contributed by atoms with van der Waals surface area (Å²) in [5.74, 6) is 1.04. The van der Waals surface area contributed by atoms with Crippen LogP contribution in [0.15, 0.2) is 54.7 Å². The van der Waals surface area contributed by atoms with Gasteiger partial charge in [0.25, 0.3) is 5.91 Å². The lowest BCUT2D eigenvalue weighted by atomic mass is 10.1. The van der Waals surface area contributed by atoms with Crippen molar-refractivity contribution in [3.63, 3.8) is 0 Å². The van der Waals surface area contributed by atoms with Gasteiger partial charge >= 0.3 is 0 Å². The van der Waals surface area contributed by atoms with Crippen molar-refractivity contribution in [2.24, 2.45) is 0 Å². The lowest BCUT2D eigenvalue weighted by Crippen LogP contribution is -2.39. The van der Waals surface area contributed by atoms with Crippen LogP contribution in [0.5, 0.6) is 0 Å². The summed E-state index contributed by atoms with van der Waals surface area (Å²) in [5.41, 5.74) is 3.20. The van der Waals surface area contributed by atoms with Crippen molar-refractivity contribution in [3.8, 4) is 0 Å². The fraction of sp³-hybridized carbons (Fsp3) is 0.370. The zero-order valence-electron chi connectivity index (χ0n) is 20.8. The molecule has 0 saturated carbocycles. The van der Waals surface area contributed by atoms with Gasteiger partial charge in [-0.05, 0) is 55.3 Å². The summed E-state index contributed by atoms with van der Waals surface area (Å²) in [7, 11) is 1.93. The number of rotatable bonds is 7. The molecule has 0 atom stereocenters. The second-order valence-electron chi connectivity index (χ2n) is 9.13. The number of hydrogen-bond donors (Lipinski definition) is 2. The molecule has 0 radical (unpaired) electrons. The molecule has 10 heteroatoms. The molecule has 2 saturated heterocycles. The van der Waals surface area contributed by atoms with E-state index in [0.29, 0.717) is 48.8 Å². The van der Waals surface area contributed by atoms with Gasteiger partial charge in [0.15, 0.2) is 0 Å². The number of benzene rings is 2. The third-order valence-corrected chi connectivity index (χ3v) is 6.78. The van der Waals surface area contributed by atoms with Crippen molar-refractivity contribution in [2.45, 2.75) is 18.9 Å². The van der Waals surface area contributed by atoms with E-state index in [0.717, 1.165) is 43.0 Å². The molecular formula is C27H31ClN6O3. The van der Waals surface area contributed by atoms with Gasteiger partial charge in [-0.1, -0.05) is 17.7 Å². The molecule has 0 bridgehead atoms. The van der Waals surface area contributed by atoms with E-state index in [9.17, 15) is 4.79 Å². The third-order valence-electron chi connectivity index (χ3n) is 6.55. The Hall–Kier alpha value is -3.40. The number of hydrogen-bond acceptors (Lipinski definition) is 8. The number of aromatic nitrogens is 2. The molecule has 37 heavy (non-hydrogen) atoms. The molecule has 2 fully saturated rings. The topological polar surface area (TPSA) is 91.9 Å². The van der Waals surface area contributed by atoms with Gasteiger partial charge in [0.1, 0.15) is 5.82 Å². The molecular weight excluding hydrogens is 492 g/mol. The number of carbonyl (C=O) groups is 1. The minimum Gasteiger partial charge on any atom is -0.381 e. The van der Waals surface area contributed by atoms with Crippen molar-refractivity contribution < 1.29 is 14.3 Å². The van der Waals surface area contributed by atoms with Gasteiger partial charge in [-0.3, -0.25) is 4.79 Å². The van der Waals surface area contributed by atoms with Crippen LogP contribution in [-0.4, -0.2) is 68.5 Å². The fourth-order valence-corrected chi connectivity index (χ4v) is 4.66. The SMILES string of the molecule is CN(c1cccc(Cl)c1)c1ccnc(Nc2cc(C(=O)NC3CCOCC3)cc(N3CCOCC3)c2)n1. The summed E-state index contributed by atoms with van der Waals surface area (Å²) < 4.78 is 11.0. The number of nitrogens with zero attached hydrogens (tertiary/aromatic N) is 4.